The number of rotatable bonds is 6. The molecular formula is C21H25N3O3S2. The van der Waals surface area contributed by atoms with Crippen LogP contribution in [0.15, 0.2) is 46.0 Å². The summed E-state index contributed by atoms with van der Waals surface area (Å²) >= 11 is 1.22. The maximum Gasteiger partial charge on any atom is 0.252 e. The van der Waals surface area contributed by atoms with Crippen molar-refractivity contribution in [2.45, 2.75) is 36.9 Å². The van der Waals surface area contributed by atoms with E-state index in [0.29, 0.717) is 42.2 Å². The monoisotopic (exact) mass is 431 g/mol. The number of hydrogen-bond acceptors (Lipinski definition) is 5. The van der Waals surface area contributed by atoms with Crippen molar-refractivity contribution in [3.8, 4) is 6.07 Å². The van der Waals surface area contributed by atoms with Gasteiger partial charge in [0.15, 0.2) is 0 Å². The van der Waals surface area contributed by atoms with E-state index in [4.69, 9.17) is 5.26 Å². The van der Waals surface area contributed by atoms with E-state index in [1.165, 1.54) is 15.6 Å². The second kappa shape index (κ2) is 9.08. The first-order valence-electron chi connectivity index (χ1n) is 9.72. The summed E-state index contributed by atoms with van der Waals surface area (Å²) in [4.78, 5) is 15.0. The average molecular weight is 432 g/mol. The Morgan fingerprint density at radius 1 is 1.28 bits per heavy atom. The van der Waals surface area contributed by atoms with Gasteiger partial charge in [-0.25, -0.2) is 8.42 Å². The summed E-state index contributed by atoms with van der Waals surface area (Å²) < 4.78 is 27.2. The van der Waals surface area contributed by atoms with Gasteiger partial charge in [-0.05, 0) is 55.8 Å². The zero-order chi connectivity index (χ0) is 21.0. The fraction of sp³-hybridized carbons (Fsp3) is 0.429. The maximum atomic E-state index is 13.2. The Bertz CT molecular complexity index is 971. The van der Waals surface area contributed by atoms with Gasteiger partial charge < -0.3 is 4.90 Å². The van der Waals surface area contributed by atoms with Crippen molar-refractivity contribution in [3.63, 3.8) is 0 Å². The van der Waals surface area contributed by atoms with E-state index in [0.717, 1.165) is 5.56 Å². The lowest BCUT2D eigenvalue weighted by molar-refractivity contribution is -0.138. The number of thiophene rings is 1. The lowest BCUT2D eigenvalue weighted by atomic mass is 9.95. The minimum Gasteiger partial charge on any atom is -0.336 e. The van der Waals surface area contributed by atoms with Gasteiger partial charge in [0.05, 0.1) is 17.7 Å². The maximum absolute atomic E-state index is 13.2. The molecule has 1 atom stereocenters. The first kappa shape index (κ1) is 21.5. The van der Waals surface area contributed by atoms with Gasteiger partial charge in [0.25, 0.3) is 10.0 Å². The number of carbonyl (C=O) groups is 1. The summed E-state index contributed by atoms with van der Waals surface area (Å²) in [5.41, 5.74) is 1.58. The molecule has 3 rings (SSSR count). The van der Waals surface area contributed by atoms with E-state index in [1.54, 1.807) is 29.6 Å². The summed E-state index contributed by atoms with van der Waals surface area (Å²) in [6.45, 7) is 5.24. The Labute approximate surface area is 176 Å². The molecule has 0 bridgehead atoms. The largest absolute Gasteiger partial charge is 0.336 e. The van der Waals surface area contributed by atoms with Crippen LogP contribution in [0.25, 0.3) is 0 Å². The summed E-state index contributed by atoms with van der Waals surface area (Å²) in [6, 6.07) is 12.6. The quantitative estimate of drug-likeness (QED) is 0.699. The van der Waals surface area contributed by atoms with Gasteiger partial charge in [-0.1, -0.05) is 18.2 Å². The van der Waals surface area contributed by atoms with Crippen LogP contribution in [0.3, 0.4) is 0 Å². The first-order valence-corrected chi connectivity index (χ1v) is 12.0. The molecule has 0 spiro atoms. The van der Waals surface area contributed by atoms with Gasteiger partial charge in [0.1, 0.15) is 4.21 Å². The molecule has 8 heteroatoms. The zero-order valence-electron chi connectivity index (χ0n) is 16.6. The smallest absolute Gasteiger partial charge is 0.252 e. The molecule has 2 heterocycles. The predicted octanol–water partition coefficient (Wildman–Crippen LogP) is 3.63. The standard InChI is InChI=1S/C21H25N3O3S2/c1-3-24(16(2)18-8-6-17(15-22)7-9-18)21(25)19-10-12-23(13-11-19)29(26,27)20-5-4-14-28-20/h4-9,14,16,19H,3,10-13H2,1-2H3. The van der Waals surface area contributed by atoms with E-state index in [9.17, 15) is 13.2 Å². The Balaban J connectivity index is 1.66. The number of nitriles is 1. The van der Waals surface area contributed by atoms with Crippen LogP contribution < -0.4 is 0 Å². The van der Waals surface area contributed by atoms with Crippen LogP contribution in [0, 0.1) is 17.2 Å². The van der Waals surface area contributed by atoms with E-state index in [-0.39, 0.29) is 17.9 Å². The van der Waals surface area contributed by atoms with Crippen molar-refractivity contribution < 1.29 is 13.2 Å². The molecule has 2 aromatic rings. The normalized spacial score (nSPS) is 16.9. The number of amides is 1. The number of hydrogen-bond donors (Lipinski definition) is 0. The second-order valence-corrected chi connectivity index (χ2v) is 10.3. The Kier molecular flexibility index (Phi) is 6.73. The highest BCUT2D eigenvalue weighted by atomic mass is 32.2. The highest BCUT2D eigenvalue weighted by Crippen LogP contribution is 2.29. The van der Waals surface area contributed by atoms with E-state index in [2.05, 4.69) is 6.07 Å². The van der Waals surface area contributed by atoms with Crippen molar-refractivity contribution in [3.05, 3.63) is 52.9 Å². The Morgan fingerprint density at radius 2 is 1.93 bits per heavy atom. The van der Waals surface area contributed by atoms with Gasteiger partial charge in [-0.3, -0.25) is 4.79 Å². The van der Waals surface area contributed by atoms with Crippen molar-refractivity contribution in [1.82, 2.24) is 9.21 Å². The molecule has 154 valence electrons. The van der Waals surface area contributed by atoms with Crippen LogP contribution in [-0.2, 0) is 14.8 Å². The molecular weight excluding hydrogens is 406 g/mol. The van der Waals surface area contributed by atoms with Crippen LogP contribution >= 0.6 is 11.3 Å². The van der Waals surface area contributed by atoms with Crippen LogP contribution in [0.5, 0.6) is 0 Å². The van der Waals surface area contributed by atoms with E-state index >= 15 is 0 Å². The molecule has 1 aliphatic rings. The minimum absolute atomic E-state index is 0.0672. The average Bonchev–Trinajstić information content (AvgIpc) is 3.30. The zero-order valence-corrected chi connectivity index (χ0v) is 18.2. The highest BCUT2D eigenvalue weighted by Gasteiger charge is 2.35. The molecule has 1 aromatic carbocycles. The second-order valence-electron chi connectivity index (χ2n) is 7.14. The summed E-state index contributed by atoms with van der Waals surface area (Å²) in [6.07, 6.45) is 1.06. The van der Waals surface area contributed by atoms with Gasteiger partial charge in [0, 0.05) is 25.6 Å². The summed E-state index contributed by atoms with van der Waals surface area (Å²) in [5.74, 6) is -0.108. The van der Waals surface area contributed by atoms with Crippen LogP contribution in [0.2, 0.25) is 0 Å². The van der Waals surface area contributed by atoms with Crippen molar-refractivity contribution in [2.75, 3.05) is 19.6 Å². The topological polar surface area (TPSA) is 81.5 Å². The third-order valence-corrected chi connectivity index (χ3v) is 8.78. The molecule has 1 aromatic heterocycles. The first-order chi connectivity index (χ1) is 13.9. The summed E-state index contributed by atoms with van der Waals surface area (Å²) in [7, 11) is -3.46. The van der Waals surface area contributed by atoms with Crippen molar-refractivity contribution >= 4 is 27.3 Å². The molecule has 0 saturated carbocycles. The van der Waals surface area contributed by atoms with E-state index < -0.39 is 10.0 Å². The molecule has 6 nitrogen and oxygen atoms in total. The molecule has 0 aliphatic carbocycles. The fourth-order valence-electron chi connectivity index (χ4n) is 3.75. The van der Waals surface area contributed by atoms with Crippen LogP contribution in [0.1, 0.15) is 43.9 Å². The minimum atomic E-state index is -3.46. The Hall–Kier alpha value is -2.21. The molecule has 1 amide bonds. The molecule has 0 N–H and O–H groups in total. The van der Waals surface area contributed by atoms with Gasteiger partial charge >= 0.3 is 0 Å². The van der Waals surface area contributed by atoms with Crippen LogP contribution in [-0.4, -0.2) is 43.2 Å². The third-order valence-electron chi connectivity index (χ3n) is 5.51. The number of carbonyl (C=O) groups excluding carboxylic acids is 1. The predicted molar refractivity (Wildman–Crippen MR) is 113 cm³/mol. The lowest BCUT2D eigenvalue weighted by Crippen LogP contribution is -2.44. The number of piperidine rings is 1. The van der Waals surface area contributed by atoms with Gasteiger partial charge in [-0.15, -0.1) is 11.3 Å². The molecule has 1 saturated heterocycles. The summed E-state index contributed by atoms with van der Waals surface area (Å²) in [5, 5.41) is 10.7. The lowest BCUT2D eigenvalue weighted by Gasteiger charge is -2.35. The molecule has 1 fully saturated rings. The Morgan fingerprint density at radius 3 is 2.45 bits per heavy atom. The molecule has 1 unspecified atom stereocenters. The van der Waals surface area contributed by atoms with Crippen molar-refractivity contribution in [1.29, 1.82) is 5.26 Å². The number of nitrogens with zero attached hydrogens (tertiary/aromatic N) is 3. The third kappa shape index (κ3) is 4.53. The van der Waals surface area contributed by atoms with Crippen LogP contribution in [0.4, 0.5) is 0 Å². The fourth-order valence-corrected chi connectivity index (χ4v) is 6.37. The van der Waals surface area contributed by atoms with Gasteiger partial charge in [0.2, 0.25) is 5.91 Å². The number of sulfonamides is 1. The van der Waals surface area contributed by atoms with E-state index in [1.807, 2.05) is 30.9 Å². The molecule has 29 heavy (non-hydrogen) atoms. The highest BCUT2D eigenvalue weighted by molar-refractivity contribution is 7.91. The SMILES string of the molecule is CCN(C(=O)C1CCN(S(=O)(=O)c2cccs2)CC1)C(C)c1ccc(C#N)cc1. The number of benzene rings is 1. The molecule has 1 aliphatic heterocycles. The van der Waals surface area contributed by atoms with Gasteiger partial charge in [-0.2, -0.15) is 9.57 Å². The van der Waals surface area contributed by atoms with Crippen molar-refractivity contribution in [2.24, 2.45) is 5.92 Å². The molecule has 0 radical (unpaired) electrons.